The molecule has 82 valence electrons. The molecule has 3 nitrogen and oxygen atoms in total. The second-order valence-corrected chi connectivity index (χ2v) is 3.57. The molecule has 0 amide bonds. The minimum atomic E-state index is -0.216. The van der Waals surface area contributed by atoms with E-state index in [4.69, 9.17) is 16.3 Å². The molecule has 0 radical (unpaired) electrons. The van der Waals surface area contributed by atoms with Crippen LogP contribution in [-0.4, -0.2) is 18.0 Å². The van der Waals surface area contributed by atoms with Gasteiger partial charge in [-0.25, -0.2) is 0 Å². The summed E-state index contributed by atoms with van der Waals surface area (Å²) in [6.45, 7) is 3.31. The Morgan fingerprint density at radius 1 is 1.60 bits per heavy atom. The number of phenolic OH excluding ortho intramolecular Hbond substituents is 1. The third kappa shape index (κ3) is 2.07. The number of ketones is 1. The fourth-order valence-electron chi connectivity index (χ4n) is 1.43. The molecule has 1 aromatic rings. The van der Waals surface area contributed by atoms with Crippen molar-refractivity contribution in [3.05, 3.63) is 22.2 Å². The molecule has 0 bridgehead atoms. The molecule has 0 aliphatic rings. The van der Waals surface area contributed by atoms with E-state index in [1.54, 1.807) is 6.07 Å². The van der Waals surface area contributed by atoms with Gasteiger partial charge < -0.3 is 9.84 Å². The number of Topliss-reactive ketones (excluding diaryl/α,β-unsaturated/α-hetero) is 1. The summed E-state index contributed by atoms with van der Waals surface area (Å²) in [6.07, 6.45) is 0.684. The highest BCUT2D eigenvalue weighted by atomic mass is 35.5. The van der Waals surface area contributed by atoms with Crippen molar-refractivity contribution in [2.45, 2.75) is 20.3 Å². The highest BCUT2D eigenvalue weighted by molar-refractivity contribution is 6.34. The van der Waals surface area contributed by atoms with Gasteiger partial charge in [0.25, 0.3) is 0 Å². The van der Waals surface area contributed by atoms with Gasteiger partial charge in [-0.3, -0.25) is 4.79 Å². The second kappa shape index (κ2) is 4.53. The Hall–Kier alpha value is -1.22. The van der Waals surface area contributed by atoms with Gasteiger partial charge in [0.15, 0.2) is 5.78 Å². The molecule has 4 heteroatoms. The average Bonchev–Trinajstić information content (AvgIpc) is 2.21. The predicted octanol–water partition coefficient (Wildman–Crippen LogP) is 2.82. The molecule has 0 heterocycles. The number of halogens is 1. The van der Waals surface area contributed by atoms with E-state index < -0.39 is 0 Å². The normalized spacial score (nSPS) is 10.1. The Kier molecular flexibility index (Phi) is 3.58. The van der Waals surface area contributed by atoms with Crippen molar-refractivity contribution in [1.82, 2.24) is 0 Å². The molecule has 0 aliphatic heterocycles. The molecule has 0 aliphatic carbocycles. The van der Waals surface area contributed by atoms with Gasteiger partial charge in [-0.05, 0) is 25.0 Å². The number of aromatic hydroxyl groups is 1. The van der Waals surface area contributed by atoms with Crippen molar-refractivity contribution in [3.63, 3.8) is 0 Å². The fourth-order valence-corrected chi connectivity index (χ4v) is 1.73. The molecule has 0 fully saturated rings. The summed E-state index contributed by atoms with van der Waals surface area (Å²) < 4.78 is 5.08. The van der Waals surface area contributed by atoms with E-state index in [9.17, 15) is 9.90 Å². The van der Waals surface area contributed by atoms with Crippen molar-refractivity contribution in [1.29, 1.82) is 0 Å². The van der Waals surface area contributed by atoms with Crippen LogP contribution in [0.2, 0.25) is 5.02 Å². The molecular weight excluding hydrogens is 216 g/mol. The van der Waals surface area contributed by atoms with Crippen LogP contribution in [0.1, 0.15) is 29.8 Å². The number of ether oxygens (including phenoxy) is 1. The van der Waals surface area contributed by atoms with Crippen molar-refractivity contribution < 1.29 is 14.6 Å². The first kappa shape index (κ1) is 11.9. The maximum absolute atomic E-state index is 11.2. The van der Waals surface area contributed by atoms with Crippen molar-refractivity contribution in [2.24, 2.45) is 0 Å². The van der Waals surface area contributed by atoms with Gasteiger partial charge in [-0.1, -0.05) is 18.5 Å². The Bertz CT molecular complexity index is 399. The summed E-state index contributed by atoms with van der Waals surface area (Å²) in [6, 6.07) is 1.61. The van der Waals surface area contributed by atoms with E-state index in [1.807, 2.05) is 6.92 Å². The average molecular weight is 229 g/mol. The smallest absolute Gasteiger partial charge is 0.163 e. The zero-order valence-electron chi connectivity index (χ0n) is 8.93. The quantitative estimate of drug-likeness (QED) is 0.810. The standard InChI is InChI=1S/C11H13ClO3/c1-4-7-5-8(6(2)13)10(14)9(12)11(7)15-3/h5,14H,4H2,1-3H3. The summed E-state index contributed by atoms with van der Waals surface area (Å²) in [5.74, 6) is 0.00614. The molecule has 15 heavy (non-hydrogen) atoms. The number of methoxy groups -OCH3 is 1. The van der Waals surface area contributed by atoms with E-state index in [0.29, 0.717) is 12.2 Å². The van der Waals surface area contributed by atoms with Crippen LogP contribution in [0, 0.1) is 0 Å². The number of carbonyl (C=O) groups excluding carboxylic acids is 1. The van der Waals surface area contributed by atoms with Crippen LogP contribution in [0.15, 0.2) is 6.07 Å². The number of phenols is 1. The monoisotopic (exact) mass is 228 g/mol. The van der Waals surface area contributed by atoms with Gasteiger partial charge in [0.1, 0.15) is 16.5 Å². The van der Waals surface area contributed by atoms with Crippen LogP contribution in [0.25, 0.3) is 0 Å². The van der Waals surface area contributed by atoms with Crippen LogP contribution in [0.3, 0.4) is 0 Å². The molecule has 0 unspecified atom stereocenters. The topological polar surface area (TPSA) is 46.5 Å². The Morgan fingerprint density at radius 2 is 2.20 bits per heavy atom. The summed E-state index contributed by atoms with van der Waals surface area (Å²) >= 11 is 5.90. The van der Waals surface area contributed by atoms with Crippen LogP contribution >= 0.6 is 11.6 Å². The Balaban J connectivity index is 3.49. The summed E-state index contributed by atoms with van der Waals surface area (Å²) in [5, 5.41) is 9.77. The molecule has 1 aromatic carbocycles. The largest absolute Gasteiger partial charge is 0.505 e. The van der Waals surface area contributed by atoms with Gasteiger partial charge in [0.05, 0.1) is 12.7 Å². The predicted molar refractivity (Wildman–Crippen MR) is 59.1 cm³/mol. The zero-order chi connectivity index (χ0) is 11.6. The minimum Gasteiger partial charge on any atom is -0.505 e. The van der Waals surface area contributed by atoms with E-state index in [-0.39, 0.29) is 22.1 Å². The van der Waals surface area contributed by atoms with Crippen LogP contribution < -0.4 is 4.74 Å². The summed E-state index contributed by atoms with van der Waals surface area (Å²) in [5.41, 5.74) is 1.04. The lowest BCUT2D eigenvalue weighted by Gasteiger charge is -2.12. The Morgan fingerprint density at radius 3 is 2.60 bits per heavy atom. The Labute approximate surface area is 93.6 Å². The minimum absolute atomic E-state index is 0.0991. The number of rotatable bonds is 3. The van der Waals surface area contributed by atoms with Crippen molar-refractivity contribution >= 4 is 17.4 Å². The van der Waals surface area contributed by atoms with Crippen LogP contribution in [0.5, 0.6) is 11.5 Å². The third-order valence-electron chi connectivity index (χ3n) is 2.24. The van der Waals surface area contributed by atoms with Crippen LogP contribution in [0.4, 0.5) is 0 Å². The van der Waals surface area contributed by atoms with Gasteiger partial charge >= 0.3 is 0 Å². The zero-order valence-corrected chi connectivity index (χ0v) is 9.68. The number of hydrogen-bond acceptors (Lipinski definition) is 3. The van der Waals surface area contributed by atoms with E-state index in [1.165, 1.54) is 14.0 Å². The SMILES string of the molecule is CCc1cc(C(C)=O)c(O)c(Cl)c1OC. The molecule has 0 saturated carbocycles. The van der Waals surface area contributed by atoms with E-state index in [2.05, 4.69) is 0 Å². The number of hydrogen-bond donors (Lipinski definition) is 1. The maximum Gasteiger partial charge on any atom is 0.163 e. The molecular formula is C11H13ClO3. The first-order chi connectivity index (χ1) is 7.02. The van der Waals surface area contributed by atoms with Gasteiger partial charge in [0, 0.05) is 0 Å². The van der Waals surface area contributed by atoms with E-state index in [0.717, 1.165) is 5.56 Å². The first-order valence-corrected chi connectivity index (χ1v) is 5.00. The van der Waals surface area contributed by atoms with Gasteiger partial charge in [-0.2, -0.15) is 0 Å². The first-order valence-electron chi connectivity index (χ1n) is 4.62. The lowest BCUT2D eigenvalue weighted by molar-refractivity contribution is 0.101. The summed E-state index contributed by atoms with van der Waals surface area (Å²) in [4.78, 5) is 11.2. The molecule has 0 atom stereocenters. The number of aryl methyl sites for hydroxylation is 1. The molecule has 0 saturated heterocycles. The lowest BCUT2D eigenvalue weighted by Crippen LogP contribution is -1.99. The number of benzene rings is 1. The van der Waals surface area contributed by atoms with Crippen molar-refractivity contribution in [3.8, 4) is 11.5 Å². The molecule has 1 N–H and O–H groups in total. The molecule has 0 aromatic heterocycles. The van der Waals surface area contributed by atoms with Crippen LogP contribution in [-0.2, 0) is 6.42 Å². The van der Waals surface area contributed by atoms with Gasteiger partial charge in [0.2, 0.25) is 0 Å². The molecule has 0 spiro atoms. The summed E-state index contributed by atoms with van der Waals surface area (Å²) in [7, 11) is 1.48. The lowest BCUT2D eigenvalue weighted by atomic mass is 10.0. The maximum atomic E-state index is 11.2. The third-order valence-corrected chi connectivity index (χ3v) is 2.59. The highest BCUT2D eigenvalue weighted by Crippen LogP contribution is 2.39. The highest BCUT2D eigenvalue weighted by Gasteiger charge is 2.18. The number of carbonyl (C=O) groups is 1. The second-order valence-electron chi connectivity index (χ2n) is 3.19. The van der Waals surface area contributed by atoms with Gasteiger partial charge in [-0.15, -0.1) is 0 Å². The fraction of sp³-hybridized carbons (Fsp3) is 0.364. The molecule has 1 rings (SSSR count). The van der Waals surface area contributed by atoms with E-state index >= 15 is 0 Å². The van der Waals surface area contributed by atoms with Crippen molar-refractivity contribution in [2.75, 3.05) is 7.11 Å².